The van der Waals surface area contributed by atoms with E-state index >= 15 is 0 Å². The lowest BCUT2D eigenvalue weighted by atomic mass is 10.1. The van der Waals surface area contributed by atoms with Crippen LogP contribution in [0.5, 0.6) is 0 Å². The maximum absolute atomic E-state index is 10.7. The van der Waals surface area contributed by atoms with Crippen molar-refractivity contribution in [1.29, 1.82) is 0 Å². The lowest BCUT2D eigenvalue weighted by Gasteiger charge is -2.15. The van der Waals surface area contributed by atoms with Gasteiger partial charge in [0.1, 0.15) is 6.04 Å². The number of carbonyl (C=O) groups is 2. The summed E-state index contributed by atoms with van der Waals surface area (Å²) in [6.45, 7) is 0.615. The molecule has 5 nitrogen and oxygen atoms in total. The number of hydrogen-bond acceptors (Lipinski definition) is 3. The van der Waals surface area contributed by atoms with Crippen LogP contribution in [-0.4, -0.2) is 34.7 Å². The zero-order chi connectivity index (χ0) is 11.3. The van der Waals surface area contributed by atoms with Crippen LogP contribution >= 0.6 is 0 Å². The van der Waals surface area contributed by atoms with Gasteiger partial charge in [0.25, 0.3) is 0 Å². The van der Waals surface area contributed by atoms with Crippen molar-refractivity contribution in [2.45, 2.75) is 38.1 Å². The van der Waals surface area contributed by atoms with Crippen LogP contribution in [0, 0.1) is 5.92 Å². The fraction of sp³-hybridized carbons (Fsp3) is 0.800. The first-order chi connectivity index (χ1) is 7.09. The molecule has 1 rings (SSSR count). The molecule has 5 heteroatoms. The molecule has 0 aliphatic heterocycles. The normalized spacial score (nSPS) is 18.9. The summed E-state index contributed by atoms with van der Waals surface area (Å²) in [4.78, 5) is 21.1. The molecule has 1 aliphatic carbocycles. The highest BCUT2D eigenvalue weighted by Gasteiger charge is 2.22. The second-order valence-corrected chi connectivity index (χ2v) is 4.05. The molecule has 0 radical (unpaired) electrons. The lowest BCUT2D eigenvalue weighted by molar-refractivity contribution is -0.146. The molecule has 3 N–H and O–H groups in total. The summed E-state index contributed by atoms with van der Waals surface area (Å²) in [7, 11) is 0. The van der Waals surface area contributed by atoms with Crippen LogP contribution in [0.2, 0.25) is 0 Å². The van der Waals surface area contributed by atoms with Crippen LogP contribution in [0.25, 0.3) is 0 Å². The van der Waals surface area contributed by atoms with E-state index in [1.807, 2.05) is 0 Å². The van der Waals surface area contributed by atoms with E-state index < -0.39 is 18.0 Å². The van der Waals surface area contributed by atoms with E-state index in [1.54, 1.807) is 0 Å². The fourth-order valence-corrected chi connectivity index (χ4v) is 1.94. The third kappa shape index (κ3) is 4.29. The molecule has 0 saturated heterocycles. The third-order valence-electron chi connectivity index (χ3n) is 2.80. The predicted molar refractivity (Wildman–Crippen MR) is 53.6 cm³/mol. The topological polar surface area (TPSA) is 86.6 Å². The Morgan fingerprint density at radius 2 is 1.87 bits per heavy atom. The highest BCUT2D eigenvalue weighted by molar-refractivity contribution is 5.80. The second kappa shape index (κ2) is 5.70. The van der Waals surface area contributed by atoms with E-state index in [4.69, 9.17) is 10.2 Å². The molecule has 1 saturated carbocycles. The molecule has 0 aromatic heterocycles. The van der Waals surface area contributed by atoms with Crippen LogP contribution in [0.15, 0.2) is 0 Å². The molecule has 0 spiro atoms. The molecule has 0 aromatic carbocycles. The number of rotatable bonds is 6. The van der Waals surface area contributed by atoms with Crippen molar-refractivity contribution in [2.24, 2.45) is 5.92 Å². The summed E-state index contributed by atoms with van der Waals surface area (Å²) in [5.41, 5.74) is 0. The number of nitrogens with one attached hydrogen (secondary N) is 1. The standard InChI is InChI=1S/C10H17NO4/c12-9(13)5-8(10(14)15)11-6-7-3-1-2-4-7/h7-8,11H,1-6H2,(H,12,13)(H,14,15). The van der Waals surface area contributed by atoms with Gasteiger partial charge < -0.3 is 15.5 Å². The first-order valence-corrected chi connectivity index (χ1v) is 5.27. The van der Waals surface area contributed by atoms with Crippen molar-refractivity contribution < 1.29 is 19.8 Å². The molecule has 1 aliphatic rings. The van der Waals surface area contributed by atoms with Gasteiger partial charge in [-0.15, -0.1) is 0 Å². The summed E-state index contributed by atoms with van der Waals surface area (Å²) in [6, 6.07) is -0.955. The van der Waals surface area contributed by atoms with E-state index in [1.165, 1.54) is 12.8 Å². The van der Waals surface area contributed by atoms with E-state index in [0.717, 1.165) is 12.8 Å². The molecule has 0 heterocycles. The van der Waals surface area contributed by atoms with E-state index in [9.17, 15) is 9.59 Å². The zero-order valence-electron chi connectivity index (χ0n) is 8.61. The van der Waals surface area contributed by atoms with E-state index in [2.05, 4.69) is 5.32 Å². The quantitative estimate of drug-likeness (QED) is 0.607. The largest absolute Gasteiger partial charge is 0.481 e. The molecule has 0 aromatic rings. The Hall–Kier alpha value is -1.10. The number of carboxylic acid groups (broad SMARTS) is 2. The van der Waals surface area contributed by atoms with Crippen LogP contribution in [-0.2, 0) is 9.59 Å². The van der Waals surface area contributed by atoms with E-state index in [0.29, 0.717) is 12.5 Å². The Morgan fingerprint density at radius 1 is 1.27 bits per heavy atom. The molecule has 0 amide bonds. The van der Waals surface area contributed by atoms with Crippen molar-refractivity contribution in [3.8, 4) is 0 Å². The van der Waals surface area contributed by atoms with Crippen LogP contribution in [0.4, 0.5) is 0 Å². The van der Waals surface area contributed by atoms with Gasteiger partial charge in [0, 0.05) is 0 Å². The molecule has 86 valence electrons. The monoisotopic (exact) mass is 215 g/mol. The second-order valence-electron chi connectivity index (χ2n) is 4.05. The minimum atomic E-state index is -1.09. The molecular weight excluding hydrogens is 198 g/mol. The van der Waals surface area contributed by atoms with Crippen LogP contribution in [0.3, 0.4) is 0 Å². The maximum Gasteiger partial charge on any atom is 0.321 e. The minimum Gasteiger partial charge on any atom is -0.481 e. The zero-order valence-corrected chi connectivity index (χ0v) is 8.61. The summed E-state index contributed by atoms with van der Waals surface area (Å²) in [6.07, 6.45) is 4.27. The predicted octanol–water partition coefficient (Wildman–Crippen LogP) is 0.694. The molecule has 15 heavy (non-hydrogen) atoms. The SMILES string of the molecule is O=C(O)CC(NCC1CCCC1)C(=O)O. The molecule has 1 fully saturated rings. The van der Waals surface area contributed by atoms with Crippen LogP contribution in [0.1, 0.15) is 32.1 Å². The van der Waals surface area contributed by atoms with Crippen molar-refractivity contribution in [3.63, 3.8) is 0 Å². The fourth-order valence-electron chi connectivity index (χ4n) is 1.94. The Morgan fingerprint density at radius 3 is 2.33 bits per heavy atom. The summed E-state index contributed by atoms with van der Waals surface area (Å²) in [5.74, 6) is -1.66. The lowest BCUT2D eigenvalue weighted by Crippen LogP contribution is -2.40. The molecule has 1 atom stereocenters. The number of aliphatic carboxylic acids is 2. The highest BCUT2D eigenvalue weighted by atomic mass is 16.4. The van der Waals surface area contributed by atoms with Gasteiger partial charge in [0.2, 0.25) is 0 Å². The number of carboxylic acids is 2. The first kappa shape index (κ1) is 12.0. The molecule has 1 unspecified atom stereocenters. The van der Waals surface area contributed by atoms with Gasteiger partial charge in [-0.05, 0) is 25.3 Å². The Bertz CT molecular complexity index is 236. The van der Waals surface area contributed by atoms with Crippen molar-refractivity contribution in [1.82, 2.24) is 5.32 Å². The van der Waals surface area contributed by atoms with Gasteiger partial charge in [-0.2, -0.15) is 0 Å². The smallest absolute Gasteiger partial charge is 0.321 e. The number of hydrogen-bond donors (Lipinski definition) is 3. The van der Waals surface area contributed by atoms with Gasteiger partial charge in [-0.25, -0.2) is 0 Å². The average Bonchev–Trinajstić information content (AvgIpc) is 2.63. The van der Waals surface area contributed by atoms with Crippen LogP contribution < -0.4 is 5.32 Å². The first-order valence-electron chi connectivity index (χ1n) is 5.27. The van der Waals surface area contributed by atoms with Crippen molar-refractivity contribution >= 4 is 11.9 Å². The average molecular weight is 215 g/mol. The molecule has 0 bridgehead atoms. The maximum atomic E-state index is 10.7. The summed E-state index contributed by atoms with van der Waals surface area (Å²) >= 11 is 0. The van der Waals surface area contributed by atoms with Gasteiger partial charge in [-0.3, -0.25) is 9.59 Å². The minimum absolute atomic E-state index is 0.359. The highest BCUT2D eigenvalue weighted by Crippen LogP contribution is 2.23. The van der Waals surface area contributed by atoms with Gasteiger partial charge in [0.15, 0.2) is 0 Å². The van der Waals surface area contributed by atoms with Crippen molar-refractivity contribution in [2.75, 3.05) is 6.54 Å². The van der Waals surface area contributed by atoms with Gasteiger partial charge >= 0.3 is 11.9 Å². The summed E-state index contributed by atoms with van der Waals surface area (Å²) in [5, 5.41) is 20.1. The van der Waals surface area contributed by atoms with Crippen molar-refractivity contribution in [3.05, 3.63) is 0 Å². The van der Waals surface area contributed by atoms with Gasteiger partial charge in [-0.1, -0.05) is 12.8 Å². The Kier molecular flexibility index (Phi) is 4.55. The Balaban J connectivity index is 2.30. The van der Waals surface area contributed by atoms with E-state index in [-0.39, 0.29) is 6.42 Å². The third-order valence-corrected chi connectivity index (χ3v) is 2.80. The van der Waals surface area contributed by atoms with Gasteiger partial charge in [0.05, 0.1) is 6.42 Å². The molecular formula is C10H17NO4. The Labute approximate surface area is 88.5 Å². The summed E-state index contributed by atoms with van der Waals surface area (Å²) < 4.78 is 0.